The maximum atomic E-state index is 4.62. The van der Waals surface area contributed by atoms with E-state index in [0.29, 0.717) is 12.0 Å². The molecule has 3 heteroatoms. The highest BCUT2D eigenvalue weighted by Crippen LogP contribution is 2.42. The molecule has 1 heterocycles. The predicted octanol–water partition coefficient (Wildman–Crippen LogP) is 3.38. The molecule has 102 valence electrons. The van der Waals surface area contributed by atoms with Gasteiger partial charge in [-0.25, -0.2) is 4.98 Å². The first kappa shape index (κ1) is 13.6. The van der Waals surface area contributed by atoms with Crippen LogP contribution in [0.5, 0.6) is 0 Å². The van der Waals surface area contributed by atoms with Crippen LogP contribution in [0.1, 0.15) is 58.3 Å². The van der Waals surface area contributed by atoms with Crippen LogP contribution in [0, 0.1) is 11.8 Å². The summed E-state index contributed by atoms with van der Waals surface area (Å²) in [6.07, 6.45) is 9.23. The molecule has 0 spiro atoms. The lowest BCUT2D eigenvalue weighted by Crippen LogP contribution is -2.31. The largest absolute Gasteiger partial charge is 0.334 e. The molecule has 2 rings (SSSR count). The minimum absolute atomic E-state index is 0.430. The van der Waals surface area contributed by atoms with Gasteiger partial charge >= 0.3 is 0 Å². The quantitative estimate of drug-likeness (QED) is 0.765. The van der Waals surface area contributed by atoms with Gasteiger partial charge in [0.25, 0.3) is 0 Å². The highest BCUT2D eigenvalue weighted by molar-refractivity contribution is 5.03. The molecule has 1 aliphatic carbocycles. The van der Waals surface area contributed by atoms with Gasteiger partial charge in [0.2, 0.25) is 0 Å². The number of nitrogens with zero attached hydrogens (tertiary/aromatic N) is 2. The number of rotatable bonds is 8. The first-order valence-corrected chi connectivity index (χ1v) is 7.52. The first-order valence-electron chi connectivity index (χ1n) is 7.52. The highest BCUT2D eigenvalue weighted by atomic mass is 15.1. The molecular weight excluding hydrogens is 222 g/mol. The van der Waals surface area contributed by atoms with Gasteiger partial charge in [0.1, 0.15) is 5.82 Å². The molecular formula is C15H27N3. The topological polar surface area (TPSA) is 29.9 Å². The summed E-state index contributed by atoms with van der Waals surface area (Å²) < 4.78 is 2.33. The van der Waals surface area contributed by atoms with Crippen LogP contribution in [0.4, 0.5) is 0 Å². The van der Waals surface area contributed by atoms with Gasteiger partial charge in [-0.2, -0.15) is 0 Å². The van der Waals surface area contributed by atoms with Crippen molar-refractivity contribution >= 4 is 0 Å². The monoisotopic (exact) mass is 249 g/mol. The minimum atomic E-state index is 0.430. The lowest BCUT2D eigenvalue weighted by molar-refractivity contribution is 0.327. The zero-order chi connectivity index (χ0) is 13.0. The maximum absolute atomic E-state index is 4.62. The van der Waals surface area contributed by atoms with Crippen molar-refractivity contribution in [3.05, 3.63) is 18.2 Å². The van der Waals surface area contributed by atoms with Crippen LogP contribution in [-0.2, 0) is 6.54 Å². The molecule has 2 unspecified atom stereocenters. The minimum Gasteiger partial charge on any atom is -0.334 e. The Bertz CT molecular complexity index is 354. The molecule has 0 bridgehead atoms. The summed E-state index contributed by atoms with van der Waals surface area (Å²) in [4.78, 5) is 4.62. The third kappa shape index (κ3) is 3.14. The van der Waals surface area contributed by atoms with Gasteiger partial charge in [-0.1, -0.05) is 20.8 Å². The van der Waals surface area contributed by atoms with Crippen molar-refractivity contribution in [2.45, 2.75) is 59.0 Å². The molecule has 1 aliphatic rings. The van der Waals surface area contributed by atoms with Crippen molar-refractivity contribution in [3.63, 3.8) is 0 Å². The van der Waals surface area contributed by atoms with Gasteiger partial charge in [0.05, 0.1) is 6.04 Å². The Labute approximate surface area is 111 Å². The second-order valence-electron chi connectivity index (χ2n) is 5.61. The number of nitrogens with one attached hydrogen (secondary N) is 1. The number of aryl methyl sites for hydroxylation is 1. The van der Waals surface area contributed by atoms with Gasteiger partial charge in [-0.05, 0) is 44.1 Å². The van der Waals surface area contributed by atoms with E-state index in [9.17, 15) is 0 Å². The van der Waals surface area contributed by atoms with E-state index in [0.717, 1.165) is 19.0 Å². The van der Waals surface area contributed by atoms with Crippen LogP contribution in [0.15, 0.2) is 12.4 Å². The molecule has 0 radical (unpaired) electrons. The second-order valence-corrected chi connectivity index (χ2v) is 5.61. The Balaban J connectivity index is 2.12. The third-order valence-electron chi connectivity index (χ3n) is 4.00. The van der Waals surface area contributed by atoms with Gasteiger partial charge in [-0.15, -0.1) is 0 Å². The van der Waals surface area contributed by atoms with Crippen molar-refractivity contribution in [2.24, 2.45) is 11.8 Å². The number of aromatic nitrogens is 2. The fourth-order valence-electron chi connectivity index (χ4n) is 2.74. The Morgan fingerprint density at radius 3 is 2.78 bits per heavy atom. The van der Waals surface area contributed by atoms with Gasteiger partial charge in [0, 0.05) is 18.9 Å². The molecule has 2 atom stereocenters. The van der Waals surface area contributed by atoms with Crippen molar-refractivity contribution in [2.75, 3.05) is 6.54 Å². The number of hydrogen-bond donors (Lipinski definition) is 1. The van der Waals surface area contributed by atoms with Crippen molar-refractivity contribution in [1.29, 1.82) is 0 Å². The van der Waals surface area contributed by atoms with Crippen LogP contribution in [0.25, 0.3) is 0 Å². The normalized spacial score (nSPS) is 18.8. The van der Waals surface area contributed by atoms with Crippen molar-refractivity contribution in [3.8, 4) is 0 Å². The molecule has 1 aromatic heterocycles. The SMILES string of the molecule is CCCNC(c1nccn1CCC)C(C)C1CC1. The first-order chi connectivity index (χ1) is 8.77. The van der Waals surface area contributed by atoms with Crippen molar-refractivity contribution < 1.29 is 0 Å². The second kappa shape index (κ2) is 6.37. The molecule has 1 N–H and O–H groups in total. The zero-order valence-electron chi connectivity index (χ0n) is 12.0. The molecule has 18 heavy (non-hydrogen) atoms. The zero-order valence-corrected chi connectivity index (χ0v) is 12.0. The standard InChI is InChI=1S/C15H27N3/c1-4-8-16-14(12(3)13-6-7-13)15-17-9-11-18(15)10-5-2/h9,11-14,16H,4-8,10H2,1-3H3. The predicted molar refractivity (Wildman–Crippen MR) is 75.4 cm³/mol. The van der Waals surface area contributed by atoms with Crippen LogP contribution >= 0.6 is 0 Å². The Morgan fingerprint density at radius 2 is 2.17 bits per heavy atom. The lowest BCUT2D eigenvalue weighted by atomic mass is 9.95. The molecule has 0 aromatic carbocycles. The van der Waals surface area contributed by atoms with E-state index >= 15 is 0 Å². The smallest absolute Gasteiger partial charge is 0.126 e. The maximum Gasteiger partial charge on any atom is 0.126 e. The molecule has 0 saturated heterocycles. The van der Waals surface area contributed by atoms with E-state index in [2.05, 4.69) is 41.8 Å². The summed E-state index contributed by atoms with van der Waals surface area (Å²) in [5.74, 6) is 2.85. The lowest BCUT2D eigenvalue weighted by Gasteiger charge is -2.25. The van der Waals surface area contributed by atoms with Gasteiger partial charge in [-0.3, -0.25) is 0 Å². The van der Waals surface area contributed by atoms with Crippen LogP contribution in [-0.4, -0.2) is 16.1 Å². The Kier molecular flexibility index (Phi) is 4.81. The highest BCUT2D eigenvalue weighted by Gasteiger charge is 2.35. The average molecular weight is 249 g/mol. The summed E-state index contributed by atoms with van der Waals surface area (Å²) in [5, 5.41) is 3.71. The summed E-state index contributed by atoms with van der Waals surface area (Å²) in [5.41, 5.74) is 0. The van der Waals surface area contributed by atoms with Gasteiger partial charge in [0.15, 0.2) is 0 Å². The number of imidazole rings is 1. The molecule has 1 fully saturated rings. The van der Waals surface area contributed by atoms with Crippen LogP contribution < -0.4 is 5.32 Å². The van der Waals surface area contributed by atoms with E-state index in [-0.39, 0.29) is 0 Å². The van der Waals surface area contributed by atoms with E-state index in [1.165, 1.54) is 31.5 Å². The molecule has 1 saturated carbocycles. The fourth-order valence-corrected chi connectivity index (χ4v) is 2.74. The molecule has 3 nitrogen and oxygen atoms in total. The Hall–Kier alpha value is -0.830. The van der Waals surface area contributed by atoms with Gasteiger partial charge < -0.3 is 9.88 Å². The summed E-state index contributed by atoms with van der Waals surface area (Å²) in [6.45, 7) is 9.00. The van der Waals surface area contributed by atoms with E-state index < -0.39 is 0 Å². The number of hydrogen-bond acceptors (Lipinski definition) is 2. The van der Waals surface area contributed by atoms with E-state index in [1.54, 1.807) is 0 Å². The van der Waals surface area contributed by atoms with Crippen LogP contribution in [0.3, 0.4) is 0 Å². The molecule has 0 amide bonds. The average Bonchev–Trinajstić information content (AvgIpc) is 3.13. The molecule has 1 aromatic rings. The fraction of sp³-hybridized carbons (Fsp3) is 0.800. The van der Waals surface area contributed by atoms with Crippen molar-refractivity contribution in [1.82, 2.24) is 14.9 Å². The van der Waals surface area contributed by atoms with Crippen LogP contribution in [0.2, 0.25) is 0 Å². The van der Waals surface area contributed by atoms with E-state index in [4.69, 9.17) is 0 Å². The molecule has 0 aliphatic heterocycles. The van der Waals surface area contributed by atoms with E-state index in [1.807, 2.05) is 6.20 Å². The summed E-state index contributed by atoms with van der Waals surface area (Å²) >= 11 is 0. The summed E-state index contributed by atoms with van der Waals surface area (Å²) in [6, 6.07) is 0.430. The third-order valence-corrected chi connectivity index (χ3v) is 4.00. The summed E-state index contributed by atoms with van der Waals surface area (Å²) in [7, 11) is 0. The Morgan fingerprint density at radius 1 is 1.39 bits per heavy atom.